The number of rotatable bonds is 6. The number of aryl methyl sites for hydroxylation is 1. The zero-order chi connectivity index (χ0) is 16.8. The molecule has 0 atom stereocenters. The third-order valence-corrected chi connectivity index (χ3v) is 3.24. The highest BCUT2D eigenvalue weighted by molar-refractivity contribution is 5.71. The Labute approximate surface area is 139 Å². The van der Waals surface area contributed by atoms with E-state index in [9.17, 15) is 4.79 Å². The molecule has 0 spiro atoms. The molecule has 3 aromatic rings. The Morgan fingerprint density at radius 2 is 1.75 bits per heavy atom. The molecule has 24 heavy (non-hydrogen) atoms. The molecule has 0 bridgehead atoms. The number of hydrogen-bond acceptors (Lipinski definition) is 6. The summed E-state index contributed by atoms with van der Waals surface area (Å²) in [4.78, 5) is 15.6. The molecule has 3 rings (SSSR count). The number of benzene rings is 2. The standard InChI is InChI=1S/C18H16N2O4/c1-13-19-17(24-20-13)11-23-18(21)12-22-16-9-7-15(8-10-16)14-5-3-2-4-6-14/h2-10H,11-12H2,1H3. The summed E-state index contributed by atoms with van der Waals surface area (Å²) in [5.74, 6) is 0.849. The smallest absolute Gasteiger partial charge is 0.344 e. The SMILES string of the molecule is Cc1noc(COC(=O)COc2ccc(-c3ccccc3)cc2)n1. The number of nitrogens with zero attached hydrogens (tertiary/aromatic N) is 2. The molecule has 122 valence electrons. The number of hydrogen-bond donors (Lipinski definition) is 0. The average molecular weight is 324 g/mol. The van der Waals surface area contributed by atoms with Gasteiger partial charge < -0.3 is 14.0 Å². The molecular formula is C18H16N2O4. The summed E-state index contributed by atoms with van der Waals surface area (Å²) in [5, 5.41) is 3.61. The number of aromatic nitrogens is 2. The van der Waals surface area contributed by atoms with Gasteiger partial charge in [-0.05, 0) is 30.2 Å². The molecule has 1 heterocycles. The first kappa shape index (κ1) is 15.7. The quantitative estimate of drug-likeness (QED) is 0.648. The van der Waals surface area contributed by atoms with Crippen LogP contribution >= 0.6 is 0 Å². The van der Waals surface area contributed by atoms with E-state index in [2.05, 4.69) is 10.1 Å². The van der Waals surface area contributed by atoms with Crippen molar-refractivity contribution in [1.29, 1.82) is 0 Å². The first-order chi connectivity index (χ1) is 11.7. The summed E-state index contributed by atoms with van der Waals surface area (Å²) in [5.41, 5.74) is 2.20. The molecule has 0 saturated carbocycles. The maximum Gasteiger partial charge on any atom is 0.344 e. The third kappa shape index (κ3) is 4.19. The lowest BCUT2D eigenvalue weighted by Gasteiger charge is -2.07. The Hall–Kier alpha value is -3.15. The van der Waals surface area contributed by atoms with Crippen LogP contribution in [-0.2, 0) is 16.1 Å². The van der Waals surface area contributed by atoms with Gasteiger partial charge in [-0.1, -0.05) is 47.6 Å². The van der Waals surface area contributed by atoms with E-state index in [1.54, 1.807) is 6.92 Å². The molecule has 2 aromatic carbocycles. The molecular weight excluding hydrogens is 308 g/mol. The summed E-state index contributed by atoms with van der Waals surface area (Å²) in [6.07, 6.45) is 0. The predicted molar refractivity (Wildman–Crippen MR) is 86.2 cm³/mol. The lowest BCUT2D eigenvalue weighted by molar-refractivity contribution is -0.148. The molecule has 6 heteroatoms. The Morgan fingerprint density at radius 3 is 2.42 bits per heavy atom. The van der Waals surface area contributed by atoms with Crippen LogP contribution < -0.4 is 4.74 Å². The van der Waals surface area contributed by atoms with Crippen LogP contribution in [0, 0.1) is 6.92 Å². The molecule has 0 fully saturated rings. The second kappa shape index (κ2) is 7.41. The summed E-state index contributed by atoms with van der Waals surface area (Å²) in [6.45, 7) is 1.45. The minimum absolute atomic E-state index is 0.0595. The van der Waals surface area contributed by atoms with E-state index < -0.39 is 5.97 Å². The monoisotopic (exact) mass is 324 g/mol. The molecule has 1 aromatic heterocycles. The average Bonchev–Trinajstić information content (AvgIpc) is 3.05. The van der Waals surface area contributed by atoms with Crippen LogP contribution in [0.15, 0.2) is 59.1 Å². The maximum absolute atomic E-state index is 11.6. The fraction of sp³-hybridized carbons (Fsp3) is 0.167. The van der Waals surface area contributed by atoms with Gasteiger partial charge in [0.1, 0.15) is 5.75 Å². The van der Waals surface area contributed by atoms with Gasteiger partial charge in [0.05, 0.1) is 0 Å². The van der Waals surface area contributed by atoms with Crippen LogP contribution in [0.5, 0.6) is 5.75 Å². The van der Waals surface area contributed by atoms with E-state index in [0.717, 1.165) is 11.1 Å². The first-order valence-corrected chi connectivity index (χ1v) is 7.44. The minimum Gasteiger partial charge on any atom is -0.482 e. The van der Waals surface area contributed by atoms with Gasteiger partial charge in [-0.2, -0.15) is 4.98 Å². The van der Waals surface area contributed by atoms with Crippen molar-refractivity contribution in [3.8, 4) is 16.9 Å². The number of carbonyl (C=O) groups is 1. The van der Waals surface area contributed by atoms with Crippen molar-refractivity contribution < 1.29 is 18.8 Å². The van der Waals surface area contributed by atoms with E-state index in [0.29, 0.717) is 11.6 Å². The molecule has 0 radical (unpaired) electrons. The van der Waals surface area contributed by atoms with Gasteiger partial charge in [0.15, 0.2) is 19.0 Å². The summed E-state index contributed by atoms with van der Waals surface area (Å²) >= 11 is 0. The van der Waals surface area contributed by atoms with Gasteiger partial charge in [0.2, 0.25) is 0 Å². The Morgan fingerprint density at radius 1 is 1.04 bits per heavy atom. The predicted octanol–water partition coefficient (Wildman–Crippen LogP) is 3.17. The second-order valence-electron chi connectivity index (χ2n) is 5.08. The van der Waals surface area contributed by atoms with Gasteiger partial charge in [-0.15, -0.1) is 0 Å². The zero-order valence-electron chi connectivity index (χ0n) is 13.1. The molecule has 0 amide bonds. The first-order valence-electron chi connectivity index (χ1n) is 7.44. The lowest BCUT2D eigenvalue weighted by Crippen LogP contribution is -2.14. The van der Waals surface area contributed by atoms with Gasteiger partial charge in [0.25, 0.3) is 5.89 Å². The summed E-state index contributed by atoms with van der Waals surface area (Å²) in [7, 11) is 0. The van der Waals surface area contributed by atoms with Crippen molar-refractivity contribution in [2.45, 2.75) is 13.5 Å². The minimum atomic E-state index is -0.502. The number of ether oxygens (including phenoxy) is 2. The molecule has 0 aliphatic heterocycles. The van der Waals surface area contributed by atoms with Gasteiger partial charge in [-0.25, -0.2) is 4.79 Å². The van der Waals surface area contributed by atoms with Crippen LogP contribution in [-0.4, -0.2) is 22.7 Å². The second-order valence-corrected chi connectivity index (χ2v) is 5.08. The van der Waals surface area contributed by atoms with Crippen molar-refractivity contribution in [1.82, 2.24) is 10.1 Å². The van der Waals surface area contributed by atoms with Crippen LogP contribution in [0.4, 0.5) is 0 Å². The molecule has 0 saturated heterocycles. The maximum atomic E-state index is 11.6. The topological polar surface area (TPSA) is 74.5 Å². The molecule has 0 unspecified atom stereocenters. The number of carbonyl (C=O) groups excluding carboxylic acids is 1. The van der Waals surface area contributed by atoms with E-state index in [1.165, 1.54) is 0 Å². The fourth-order valence-corrected chi connectivity index (χ4v) is 2.10. The Kier molecular flexibility index (Phi) is 4.86. The highest BCUT2D eigenvalue weighted by Crippen LogP contribution is 2.22. The number of esters is 1. The lowest BCUT2D eigenvalue weighted by atomic mass is 10.1. The molecule has 0 aliphatic rings. The van der Waals surface area contributed by atoms with Crippen molar-refractivity contribution >= 4 is 5.97 Å². The van der Waals surface area contributed by atoms with Gasteiger partial charge in [0, 0.05) is 0 Å². The van der Waals surface area contributed by atoms with E-state index in [1.807, 2.05) is 54.6 Å². The highest BCUT2D eigenvalue weighted by atomic mass is 16.6. The van der Waals surface area contributed by atoms with Crippen LogP contribution in [0.3, 0.4) is 0 Å². The van der Waals surface area contributed by atoms with Crippen molar-refractivity contribution in [3.05, 3.63) is 66.3 Å². The highest BCUT2D eigenvalue weighted by Gasteiger charge is 2.09. The van der Waals surface area contributed by atoms with Crippen LogP contribution in [0.25, 0.3) is 11.1 Å². The Balaban J connectivity index is 1.48. The molecule has 6 nitrogen and oxygen atoms in total. The van der Waals surface area contributed by atoms with Crippen molar-refractivity contribution in [2.24, 2.45) is 0 Å². The van der Waals surface area contributed by atoms with E-state index >= 15 is 0 Å². The Bertz CT molecular complexity index is 797. The van der Waals surface area contributed by atoms with Crippen LogP contribution in [0.2, 0.25) is 0 Å². The summed E-state index contributed by atoms with van der Waals surface area (Å²) in [6, 6.07) is 17.5. The van der Waals surface area contributed by atoms with Crippen molar-refractivity contribution in [2.75, 3.05) is 6.61 Å². The molecule has 0 aliphatic carbocycles. The van der Waals surface area contributed by atoms with Gasteiger partial charge in [-0.3, -0.25) is 0 Å². The normalized spacial score (nSPS) is 10.4. The fourth-order valence-electron chi connectivity index (χ4n) is 2.10. The largest absolute Gasteiger partial charge is 0.482 e. The van der Waals surface area contributed by atoms with E-state index in [4.69, 9.17) is 14.0 Å². The zero-order valence-corrected chi connectivity index (χ0v) is 13.1. The third-order valence-electron chi connectivity index (χ3n) is 3.24. The van der Waals surface area contributed by atoms with E-state index in [-0.39, 0.29) is 19.1 Å². The van der Waals surface area contributed by atoms with Crippen molar-refractivity contribution in [3.63, 3.8) is 0 Å². The van der Waals surface area contributed by atoms with Crippen LogP contribution in [0.1, 0.15) is 11.7 Å². The summed E-state index contributed by atoms with van der Waals surface area (Å²) < 4.78 is 15.3. The molecule has 0 N–H and O–H groups in total. The van der Waals surface area contributed by atoms with Gasteiger partial charge >= 0.3 is 5.97 Å².